The predicted octanol–water partition coefficient (Wildman–Crippen LogP) is 2.29. The number of rotatable bonds is 3. The molecule has 0 unspecified atom stereocenters. The van der Waals surface area contributed by atoms with Crippen molar-refractivity contribution in [1.29, 1.82) is 0 Å². The van der Waals surface area contributed by atoms with Gasteiger partial charge in [0.1, 0.15) is 0 Å². The molecule has 0 radical (unpaired) electrons. The van der Waals surface area contributed by atoms with Gasteiger partial charge >= 0.3 is 0 Å². The first-order chi connectivity index (χ1) is 7.79. The fraction of sp³-hybridized carbons (Fsp3) is 0.417. The van der Waals surface area contributed by atoms with Crippen molar-refractivity contribution in [3.63, 3.8) is 0 Å². The van der Waals surface area contributed by atoms with E-state index in [1.165, 1.54) is 12.1 Å². The first-order valence-corrected chi connectivity index (χ1v) is 5.28. The number of anilines is 1. The summed E-state index contributed by atoms with van der Waals surface area (Å²) in [5, 5.41) is 5.25. The van der Waals surface area contributed by atoms with Gasteiger partial charge in [-0.1, -0.05) is 6.07 Å². The highest BCUT2D eigenvalue weighted by Crippen LogP contribution is 2.15. The van der Waals surface area contributed by atoms with Crippen LogP contribution in [0.4, 0.5) is 14.5 Å². The summed E-state index contributed by atoms with van der Waals surface area (Å²) in [6.45, 7) is 5.42. The molecule has 5 heteroatoms. The maximum Gasteiger partial charge on any atom is 0.239 e. The van der Waals surface area contributed by atoms with Gasteiger partial charge in [0.2, 0.25) is 5.91 Å². The Kier molecular flexibility index (Phi) is 4.04. The highest BCUT2D eigenvalue weighted by Gasteiger charge is 2.14. The zero-order chi connectivity index (χ0) is 13.1. The van der Waals surface area contributed by atoms with Crippen LogP contribution >= 0.6 is 0 Å². The van der Waals surface area contributed by atoms with E-state index in [4.69, 9.17) is 0 Å². The molecule has 94 valence electrons. The van der Waals surface area contributed by atoms with Gasteiger partial charge < -0.3 is 10.6 Å². The van der Waals surface area contributed by atoms with Crippen molar-refractivity contribution in [2.75, 3.05) is 11.9 Å². The normalized spacial score (nSPS) is 11.1. The number of carbonyl (C=O) groups is 1. The molecule has 1 aromatic carbocycles. The quantitative estimate of drug-likeness (QED) is 0.853. The van der Waals surface area contributed by atoms with E-state index in [-0.39, 0.29) is 23.7 Å². The summed E-state index contributed by atoms with van der Waals surface area (Å²) in [7, 11) is 0. The minimum atomic E-state index is -0.976. The van der Waals surface area contributed by atoms with E-state index in [9.17, 15) is 13.6 Å². The van der Waals surface area contributed by atoms with Crippen molar-refractivity contribution in [3.8, 4) is 0 Å². The average Bonchev–Trinajstić information content (AvgIpc) is 2.18. The Morgan fingerprint density at radius 3 is 2.53 bits per heavy atom. The summed E-state index contributed by atoms with van der Waals surface area (Å²) in [6.07, 6.45) is 0. The molecule has 0 atom stereocenters. The Morgan fingerprint density at radius 2 is 1.94 bits per heavy atom. The van der Waals surface area contributed by atoms with Gasteiger partial charge in [-0.3, -0.25) is 4.79 Å². The summed E-state index contributed by atoms with van der Waals surface area (Å²) in [4.78, 5) is 11.4. The van der Waals surface area contributed by atoms with Gasteiger partial charge in [-0.25, -0.2) is 8.78 Å². The summed E-state index contributed by atoms with van der Waals surface area (Å²) < 4.78 is 26.1. The van der Waals surface area contributed by atoms with E-state index in [0.717, 1.165) is 6.07 Å². The molecule has 1 amide bonds. The average molecular weight is 242 g/mol. The van der Waals surface area contributed by atoms with Crippen molar-refractivity contribution < 1.29 is 13.6 Å². The van der Waals surface area contributed by atoms with Crippen LogP contribution in [-0.2, 0) is 4.79 Å². The second kappa shape index (κ2) is 5.12. The molecule has 0 aromatic heterocycles. The molecule has 0 saturated heterocycles. The van der Waals surface area contributed by atoms with Gasteiger partial charge in [-0.15, -0.1) is 0 Å². The van der Waals surface area contributed by atoms with Gasteiger partial charge in [-0.05, 0) is 32.9 Å². The number of benzene rings is 1. The Bertz CT molecular complexity index is 413. The van der Waals surface area contributed by atoms with Crippen LogP contribution in [0.25, 0.3) is 0 Å². The smallest absolute Gasteiger partial charge is 0.239 e. The predicted molar refractivity (Wildman–Crippen MR) is 62.7 cm³/mol. The van der Waals surface area contributed by atoms with Crippen molar-refractivity contribution in [2.45, 2.75) is 26.3 Å². The van der Waals surface area contributed by atoms with Crippen molar-refractivity contribution >= 4 is 11.6 Å². The topological polar surface area (TPSA) is 41.1 Å². The zero-order valence-electron chi connectivity index (χ0n) is 10.1. The lowest BCUT2D eigenvalue weighted by molar-refractivity contribution is -0.120. The van der Waals surface area contributed by atoms with Crippen molar-refractivity contribution in [3.05, 3.63) is 29.8 Å². The van der Waals surface area contributed by atoms with E-state index in [2.05, 4.69) is 10.6 Å². The molecule has 0 saturated carbocycles. The Balaban J connectivity index is 2.56. The van der Waals surface area contributed by atoms with Gasteiger partial charge in [0, 0.05) is 5.54 Å². The summed E-state index contributed by atoms with van der Waals surface area (Å²) in [5.74, 6) is -2.19. The third-order valence-corrected chi connectivity index (χ3v) is 1.91. The third-order valence-electron chi connectivity index (χ3n) is 1.91. The first kappa shape index (κ1) is 13.4. The highest BCUT2D eigenvalue weighted by atomic mass is 19.2. The molecule has 3 nitrogen and oxygen atoms in total. The SMILES string of the molecule is CC(C)(C)NC(=O)CNc1cccc(F)c1F. The Hall–Kier alpha value is -1.65. The number of amides is 1. The zero-order valence-corrected chi connectivity index (χ0v) is 10.1. The molecule has 0 fully saturated rings. The number of nitrogens with one attached hydrogen (secondary N) is 2. The van der Waals surface area contributed by atoms with Gasteiger partial charge in [0.05, 0.1) is 12.2 Å². The van der Waals surface area contributed by atoms with E-state index in [1.54, 1.807) is 0 Å². The lowest BCUT2D eigenvalue weighted by Crippen LogP contribution is -2.43. The van der Waals surface area contributed by atoms with Crippen LogP contribution in [0.3, 0.4) is 0 Å². The van der Waals surface area contributed by atoms with E-state index < -0.39 is 11.6 Å². The van der Waals surface area contributed by atoms with Crippen LogP contribution in [0, 0.1) is 11.6 Å². The molecule has 0 spiro atoms. The highest BCUT2D eigenvalue weighted by molar-refractivity contribution is 5.81. The summed E-state index contributed by atoms with van der Waals surface area (Å²) in [5.41, 5.74) is -0.367. The molecule has 0 bridgehead atoms. The minimum absolute atomic E-state index is 0.0194. The van der Waals surface area contributed by atoms with Gasteiger partial charge in [-0.2, -0.15) is 0 Å². The molecule has 1 rings (SSSR count). The standard InChI is InChI=1S/C12H16F2N2O/c1-12(2,3)16-10(17)7-15-9-6-4-5-8(13)11(9)14/h4-6,15H,7H2,1-3H3,(H,16,17). The third kappa shape index (κ3) is 4.38. The van der Waals surface area contributed by atoms with Crippen LogP contribution in [-0.4, -0.2) is 18.0 Å². The molecule has 0 aliphatic carbocycles. The molecule has 1 aromatic rings. The van der Waals surface area contributed by atoms with E-state index in [0.29, 0.717) is 0 Å². The second-order valence-electron chi connectivity index (χ2n) is 4.75. The van der Waals surface area contributed by atoms with Crippen LogP contribution in [0.5, 0.6) is 0 Å². The molecular weight excluding hydrogens is 226 g/mol. The van der Waals surface area contributed by atoms with Crippen LogP contribution in [0.15, 0.2) is 18.2 Å². The van der Waals surface area contributed by atoms with E-state index in [1.807, 2.05) is 20.8 Å². The first-order valence-electron chi connectivity index (χ1n) is 5.28. The fourth-order valence-corrected chi connectivity index (χ4v) is 1.28. The number of hydrogen-bond acceptors (Lipinski definition) is 2. The summed E-state index contributed by atoms with van der Waals surface area (Å²) >= 11 is 0. The maximum atomic E-state index is 13.2. The van der Waals surface area contributed by atoms with Crippen LogP contribution < -0.4 is 10.6 Å². The number of hydrogen-bond donors (Lipinski definition) is 2. The monoisotopic (exact) mass is 242 g/mol. The minimum Gasteiger partial charge on any atom is -0.374 e. The maximum absolute atomic E-state index is 13.2. The van der Waals surface area contributed by atoms with Crippen LogP contribution in [0.2, 0.25) is 0 Å². The molecule has 0 aliphatic rings. The Morgan fingerprint density at radius 1 is 1.29 bits per heavy atom. The summed E-state index contributed by atoms with van der Waals surface area (Å²) in [6, 6.07) is 3.78. The van der Waals surface area contributed by atoms with E-state index >= 15 is 0 Å². The van der Waals surface area contributed by atoms with Crippen LogP contribution in [0.1, 0.15) is 20.8 Å². The largest absolute Gasteiger partial charge is 0.374 e. The van der Waals surface area contributed by atoms with Crippen molar-refractivity contribution in [1.82, 2.24) is 5.32 Å². The molecule has 17 heavy (non-hydrogen) atoms. The number of halogens is 2. The molecule has 0 heterocycles. The fourth-order valence-electron chi connectivity index (χ4n) is 1.28. The molecule has 0 aliphatic heterocycles. The van der Waals surface area contributed by atoms with Crippen molar-refractivity contribution in [2.24, 2.45) is 0 Å². The molecule has 2 N–H and O–H groups in total. The van der Waals surface area contributed by atoms with Gasteiger partial charge in [0.25, 0.3) is 0 Å². The van der Waals surface area contributed by atoms with Gasteiger partial charge in [0.15, 0.2) is 11.6 Å². The lowest BCUT2D eigenvalue weighted by Gasteiger charge is -2.20. The number of carbonyl (C=O) groups excluding carboxylic acids is 1. The lowest BCUT2D eigenvalue weighted by atomic mass is 10.1. The Labute approximate surface area is 99.2 Å². The molecular formula is C12H16F2N2O. The second-order valence-corrected chi connectivity index (χ2v) is 4.75.